The van der Waals surface area contributed by atoms with Gasteiger partial charge in [0.05, 0.1) is 12.0 Å². The zero-order chi connectivity index (χ0) is 16.0. The average Bonchev–Trinajstić information content (AvgIpc) is 2.43. The summed E-state index contributed by atoms with van der Waals surface area (Å²) in [6.45, 7) is 13.5. The average molecular weight is 442 g/mol. The Hall–Kier alpha value is -0.180. The first-order chi connectivity index (χ1) is 9.77. The second-order valence-electron chi connectivity index (χ2n) is 6.52. The van der Waals surface area contributed by atoms with Crippen LogP contribution in [0.5, 0.6) is 0 Å². The molecule has 0 aromatic carbocycles. The maximum atomic E-state index is 11.4. The number of thioether (sulfide) groups is 1. The van der Waals surface area contributed by atoms with Crippen LogP contribution in [0.1, 0.15) is 34.6 Å². The van der Waals surface area contributed by atoms with Crippen LogP contribution < -0.4 is 11.1 Å². The molecule has 5 nitrogen and oxygen atoms in total. The number of aliphatic imine (C=N–C) groups is 1. The van der Waals surface area contributed by atoms with Gasteiger partial charge in [0.1, 0.15) is 0 Å². The van der Waals surface area contributed by atoms with Gasteiger partial charge in [-0.1, -0.05) is 13.8 Å². The third kappa shape index (κ3) is 6.52. The summed E-state index contributed by atoms with van der Waals surface area (Å²) in [6.07, 6.45) is 0. The predicted octanol–water partition coefficient (Wildman–Crippen LogP) is 2.15. The number of hydrogen-bond donors (Lipinski definition) is 2. The molecule has 0 saturated carbocycles. The van der Waals surface area contributed by atoms with E-state index in [0.717, 1.165) is 31.3 Å². The van der Waals surface area contributed by atoms with E-state index in [1.54, 1.807) is 0 Å². The van der Waals surface area contributed by atoms with Crippen LogP contribution in [0.25, 0.3) is 0 Å². The van der Waals surface area contributed by atoms with E-state index in [-0.39, 0.29) is 29.9 Å². The van der Waals surface area contributed by atoms with E-state index in [1.165, 1.54) is 0 Å². The van der Waals surface area contributed by atoms with Crippen LogP contribution >= 0.6 is 35.7 Å². The quantitative estimate of drug-likeness (QED) is 0.389. The fourth-order valence-corrected chi connectivity index (χ4v) is 3.35. The van der Waals surface area contributed by atoms with Gasteiger partial charge in [-0.3, -0.25) is 9.79 Å². The number of guanidine groups is 1. The maximum absolute atomic E-state index is 11.4. The number of hydrogen-bond acceptors (Lipinski definition) is 3. The Bertz CT molecular complexity index is 388. The number of carbonyl (C=O) groups is 1. The summed E-state index contributed by atoms with van der Waals surface area (Å²) in [7, 11) is 0. The number of halogens is 1. The molecule has 1 saturated heterocycles. The Morgan fingerprint density at radius 2 is 2.14 bits per heavy atom. The maximum Gasteiger partial charge on any atom is 0.224 e. The van der Waals surface area contributed by atoms with Crippen molar-refractivity contribution in [3.63, 3.8) is 0 Å². The lowest BCUT2D eigenvalue weighted by atomic mass is 9.93. The van der Waals surface area contributed by atoms with Gasteiger partial charge in [0, 0.05) is 30.6 Å². The van der Waals surface area contributed by atoms with E-state index in [0.29, 0.717) is 17.7 Å². The Morgan fingerprint density at radius 3 is 2.64 bits per heavy atom. The monoisotopic (exact) mass is 442 g/mol. The third-order valence-electron chi connectivity index (χ3n) is 3.76. The Balaban J connectivity index is 0.00000441. The van der Waals surface area contributed by atoms with Gasteiger partial charge in [0.2, 0.25) is 5.91 Å². The Kier molecular flexibility index (Phi) is 9.77. The molecular formula is C15H31IN4OS. The van der Waals surface area contributed by atoms with Crippen molar-refractivity contribution in [2.75, 3.05) is 31.9 Å². The molecule has 1 atom stereocenters. The SMILES string of the molecule is CCNC(=NCC(C)(C)C(N)=O)N1CCSC(C(C)C)C1.I. The molecular weight excluding hydrogens is 411 g/mol. The number of nitrogens with one attached hydrogen (secondary N) is 1. The predicted molar refractivity (Wildman–Crippen MR) is 107 cm³/mol. The highest BCUT2D eigenvalue weighted by Gasteiger charge is 2.27. The lowest BCUT2D eigenvalue weighted by Gasteiger charge is -2.36. The van der Waals surface area contributed by atoms with Crippen molar-refractivity contribution in [1.29, 1.82) is 0 Å². The van der Waals surface area contributed by atoms with Gasteiger partial charge in [-0.15, -0.1) is 24.0 Å². The summed E-state index contributed by atoms with van der Waals surface area (Å²) in [6, 6.07) is 0. The zero-order valence-electron chi connectivity index (χ0n) is 14.4. The smallest absolute Gasteiger partial charge is 0.224 e. The van der Waals surface area contributed by atoms with Crippen molar-refractivity contribution in [1.82, 2.24) is 10.2 Å². The van der Waals surface area contributed by atoms with Gasteiger partial charge >= 0.3 is 0 Å². The second-order valence-corrected chi connectivity index (χ2v) is 7.86. The Morgan fingerprint density at radius 1 is 1.50 bits per heavy atom. The number of primary amides is 1. The molecule has 0 aromatic rings. The van der Waals surface area contributed by atoms with Crippen molar-refractivity contribution in [3.8, 4) is 0 Å². The molecule has 0 aliphatic carbocycles. The fraction of sp³-hybridized carbons (Fsp3) is 0.867. The molecule has 130 valence electrons. The van der Waals surface area contributed by atoms with Crippen LogP contribution in [-0.2, 0) is 4.79 Å². The molecule has 1 aliphatic rings. The van der Waals surface area contributed by atoms with Crippen molar-refractivity contribution >= 4 is 47.6 Å². The van der Waals surface area contributed by atoms with Crippen LogP contribution in [-0.4, -0.2) is 53.9 Å². The summed E-state index contributed by atoms with van der Waals surface area (Å²) < 4.78 is 0. The first-order valence-electron chi connectivity index (χ1n) is 7.72. The fourth-order valence-electron chi connectivity index (χ4n) is 2.05. The molecule has 0 aromatic heterocycles. The van der Waals surface area contributed by atoms with E-state index < -0.39 is 5.41 Å². The summed E-state index contributed by atoms with van der Waals surface area (Å²) in [5.74, 6) is 2.36. The van der Waals surface area contributed by atoms with E-state index in [4.69, 9.17) is 5.73 Å². The largest absolute Gasteiger partial charge is 0.369 e. The summed E-state index contributed by atoms with van der Waals surface area (Å²) >= 11 is 2.04. The topological polar surface area (TPSA) is 70.7 Å². The minimum absolute atomic E-state index is 0. The molecule has 3 N–H and O–H groups in total. The van der Waals surface area contributed by atoms with E-state index in [1.807, 2.05) is 25.6 Å². The number of amides is 1. The number of rotatable bonds is 5. The van der Waals surface area contributed by atoms with E-state index >= 15 is 0 Å². The molecule has 1 unspecified atom stereocenters. The highest BCUT2D eigenvalue weighted by atomic mass is 127. The van der Waals surface area contributed by atoms with E-state index in [2.05, 4.69) is 36.0 Å². The highest BCUT2D eigenvalue weighted by Crippen LogP contribution is 2.25. The van der Waals surface area contributed by atoms with Crippen LogP contribution in [0.3, 0.4) is 0 Å². The number of nitrogens with two attached hydrogens (primary N) is 1. The zero-order valence-corrected chi connectivity index (χ0v) is 17.5. The molecule has 0 radical (unpaired) electrons. The van der Waals surface area contributed by atoms with Crippen molar-refractivity contribution < 1.29 is 4.79 Å². The number of nitrogens with zero attached hydrogens (tertiary/aromatic N) is 2. The normalized spacial score (nSPS) is 19.8. The molecule has 22 heavy (non-hydrogen) atoms. The lowest BCUT2D eigenvalue weighted by molar-refractivity contribution is -0.125. The van der Waals surface area contributed by atoms with Crippen LogP contribution in [0.2, 0.25) is 0 Å². The minimum Gasteiger partial charge on any atom is -0.369 e. The van der Waals surface area contributed by atoms with Crippen molar-refractivity contribution in [2.24, 2.45) is 22.1 Å². The molecule has 7 heteroatoms. The molecule has 0 spiro atoms. The third-order valence-corrected chi connectivity index (χ3v) is 5.30. The number of carbonyl (C=O) groups excluding carboxylic acids is 1. The van der Waals surface area contributed by atoms with Gasteiger partial charge in [-0.05, 0) is 26.7 Å². The van der Waals surface area contributed by atoms with Gasteiger partial charge < -0.3 is 16.0 Å². The standard InChI is InChI=1S/C15H30N4OS.HI/c1-6-17-14(18-10-15(4,5)13(16)20)19-7-8-21-12(9-19)11(2)3;/h11-12H,6-10H2,1-5H3,(H2,16,20)(H,17,18);1H. The minimum atomic E-state index is -0.608. The highest BCUT2D eigenvalue weighted by molar-refractivity contribution is 14.0. The summed E-state index contributed by atoms with van der Waals surface area (Å²) in [5, 5.41) is 3.97. The summed E-state index contributed by atoms with van der Waals surface area (Å²) in [5.41, 5.74) is 4.82. The first kappa shape index (κ1) is 21.8. The molecule has 1 fully saturated rings. The molecule has 1 rings (SSSR count). The second kappa shape index (κ2) is 9.85. The molecule has 1 amide bonds. The van der Waals surface area contributed by atoms with Gasteiger partial charge in [-0.25, -0.2) is 0 Å². The molecule has 0 bridgehead atoms. The van der Waals surface area contributed by atoms with Crippen LogP contribution in [0, 0.1) is 11.3 Å². The van der Waals surface area contributed by atoms with Crippen molar-refractivity contribution in [2.45, 2.75) is 39.9 Å². The first-order valence-corrected chi connectivity index (χ1v) is 8.77. The van der Waals surface area contributed by atoms with Gasteiger partial charge in [0.25, 0.3) is 0 Å². The van der Waals surface area contributed by atoms with Crippen LogP contribution in [0.15, 0.2) is 4.99 Å². The van der Waals surface area contributed by atoms with Gasteiger partial charge in [0.15, 0.2) is 5.96 Å². The molecule has 1 aliphatic heterocycles. The Labute approximate surface area is 156 Å². The van der Waals surface area contributed by atoms with Crippen molar-refractivity contribution in [3.05, 3.63) is 0 Å². The van der Waals surface area contributed by atoms with Crippen LogP contribution in [0.4, 0.5) is 0 Å². The van der Waals surface area contributed by atoms with E-state index in [9.17, 15) is 4.79 Å². The lowest BCUT2D eigenvalue weighted by Crippen LogP contribution is -2.49. The summed E-state index contributed by atoms with van der Waals surface area (Å²) in [4.78, 5) is 18.4. The molecule has 1 heterocycles. The van der Waals surface area contributed by atoms with Gasteiger partial charge in [-0.2, -0.15) is 11.8 Å².